The molecule has 0 bridgehead atoms. The Hall–Kier alpha value is -1.60. The summed E-state index contributed by atoms with van der Waals surface area (Å²) in [6, 6.07) is 0. The Kier molecular flexibility index (Phi) is 4.29. The van der Waals surface area contributed by atoms with Crippen LogP contribution in [0.2, 0.25) is 5.02 Å². The zero-order chi connectivity index (χ0) is 14.8. The van der Waals surface area contributed by atoms with Crippen LogP contribution in [0, 0.1) is 0 Å². The highest BCUT2D eigenvalue weighted by Gasteiger charge is 2.34. The van der Waals surface area contributed by atoms with Crippen molar-refractivity contribution in [3.63, 3.8) is 0 Å². The van der Waals surface area contributed by atoms with Crippen molar-refractivity contribution >= 4 is 23.4 Å². The molecule has 0 radical (unpaired) electrons. The topological polar surface area (TPSA) is 90.9 Å². The first-order chi connectivity index (χ1) is 9.45. The number of amidine groups is 1. The van der Waals surface area contributed by atoms with E-state index in [1.165, 1.54) is 0 Å². The van der Waals surface area contributed by atoms with Crippen molar-refractivity contribution < 1.29 is 5.21 Å². The summed E-state index contributed by atoms with van der Waals surface area (Å²) in [6.45, 7) is 7.02. The molecule has 8 heteroatoms. The molecular weight excluding hydrogens is 280 g/mol. The van der Waals surface area contributed by atoms with Gasteiger partial charge in [-0.2, -0.15) is 0 Å². The summed E-state index contributed by atoms with van der Waals surface area (Å²) < 4.78 is 0. The summed E-state index contributed by atoms with van der Waals surface area (Å²) in [7, 11) is 0. The van der Waals surface area contributed by atoms with E-state index in [0.717, 1.165) is 26.2 Å². The molecule has 1 aliphatic heterocycles. The third-order valence-corrected chi connectivity index (χ3v) is 3.89. The van der Waals surface area contributed by atoms with Crippen LogP contribution in [0.5, 0.6) is 0 Å². The molecule has 0 amide bonds. The number of oxime groups is 1. The van der Waals surface area contributed by atoms with Crippen molar-refractivity contribution in [2.45, 2.75) is 19.4 Å². The molecule has 0 atom stereocenters. The van der Waals surface area contributed by atoms with Crippen molar-refractivity contribution in [3.8, 4) is 0 Å². The van der Waals surface area contributed by atoms with Crippen LogP contribution in [0.3, 0.4) is 0 Å². The molecule has 2 heterocycles. The molecule has 0 aliphatic carbocycles. The summed E-state index contributed by atoms with van der Waals surface area (Å²) in [4.78, 5) is 12.7. The van der Waals surface area contributed by atoms with Gasteiger partial charge in [0.05, 0.1) is 23.0 Å². The Morgan fingerprint density at radius 2 is 1.85 bits per heavy atom. The highest BCUT2D eigenvalue weighted by atomic mass is 35.5. The first-order valence-corrected chi connectivity index (χ1v) is 6.78. The standard InChI is InChI=1S/C12H19ClN6O/c1-12(2,10(14)17-20)19-5-3-18(4-6-19)11-15-7-9(13)8-16-11/h7-8,20H,3-6H2,1-2H3,(H2,14,17). The van der Waals surface area contributed by atoms with Crippen LogP contribution in [-0.2, 0) is 0 Å². The fourth-order valence-corrected chi connectivity index (χ4v) is 2.32. The van der Waals surface area contributed by atoms with Gasteiger partial charge in [-0.1, -0.05) is 16.8 Å². The van der Waals surface area contributed by atoms with Crippen LogP contribution in [0.25, 0.3) is 0 Å². The summed E-state index contributed by atoms with van der Waals surface area (Å²) >= 11 is 5.78. The molecule has 0 saturated carbocycles. The van der Waals surface area contributed by atoms with Gasteiger partial charge in [0.25, 0.3) is 0 Å². The lowest BCUT2D eigenvalue weighted by molar-refractivity contribution is 0.160. The van der Waals surface area contributed by atoms with Crippen LogP contribution in [0.1, 0.15) is 13.8 Å². The van der Waals surface area contributed by atoms with Gasteiger partial charge < -0.3 is 15.8 Å². The quantitative estimate of drug-likeness (QED) is 0.371. The second-order valence-corrected chi connectivity index (χ2v) is 5.66. The second-order valence-electron chi connectivity index (χ2n) is 5.22. The van der Waals surface area contributed by atoms with E-state index < -0.39 is 5.54 Å². The average molecular weight is 299 g/mol. The lowest BCUT2D eigenvalue weighted by Gasteiger charge is -2.43. The summed E-state index contributed by atoms with van der Waals surface area (Å²) in [6.07, 6.45) is 3.19. The molecule has 1 saturated heterocycles. The van der Waals surface area contributed by atoms with Gasteiger partial charge >= 0.3 is 0 Å². The molecular formula is C12H19ClN6O. The zero-order valence-corrected chi connectivity index (χ0v) is 12.4. The molecule has 2 rings (SSSR count). The number of rotatable bonds is 3. The molecule has 110 valence electrons. The second kappa shape index (κ2) is 5.80. The highest BCUT2D eigenvalue weighted by Crippen LogP contribution is 2.19. The van der Waals surface area contributed by atoms with Gasteiger partial charge in [-0.3, -0.25) is 4.90 Å². The number of halogens is 1. The first-order valence-electron chi connectivity index (χ1n) is 6.40. The van der Waals surface area contributed by atoms with E-state index >= 15 is 0 Å². The Morgan fingerprint density at radius 1 is 1.30 bits per heavy atom. The predicted molar refractivity (Wildman–Crippen MR) is 78.3 cm³/mol. The van der Waals surface area contributed by atoms with Gasteiger partial charge in [-0.15, -0.1) is 0 Å². The van der Waals surface area contributed by atoms with Crippen molar-refractivity contribution in [2.75, 3.05) is 31.1 Å². The average Bonchev–Trinajstić information content (AvgIpc) is 2.47. The fourth-order valence-electron chi connectivity index (χ4n) is 2.22. The van der Waals surface area contributed by atoms with Crippen molar-refractivity contribution in [1.82, 2.24) is 14.9 Å². The van der Waals surface area contributed by atoms with Gasteiger partial charge in [0.2, 0.25) is 5.95 Å². The summed E-state index contributed by atoms with van der Waals surface area (Å²) in [5.41, 5.74) is 5.28. The third kappa shape index (κ3) is 2.94. The number of piperazine rings is 1. The zero-order valence-electron chi connectivity index (χ0n) is 11.6. The monoisotopic (exact) mass is 298 g/mol. The maximum atomic E-state index is 8.85. The van der Waals surface area contributed by atoms with E-state index in [-0.39, 0.29) is 5.84 Å². The normalized spacial score (nSPS) is 18.4. The Balaban J connectivity index is 2.00. The molecule has 1 aliphatic rings. The first kappa shape index (κ1) is 14.8. The lowest BCUT2D eigenvalue weighted by atomic mass is 10.0. The fraction of sp³-hybridized carbons (Fsp3) is 0.583. The van der Waals surface area contributed by atoms with Crippen molar-refractivity contribution in [2.24, 2.45) is 10.9 Å². The minimum absolute atomic E-state index is 0.216. The van der Waals surface area contributed by atoms with Gasteiger partial charge in [-0.05, 0) is 13.8 Å². The molecule has 20 heavy (non-hydrogen) atoms. The Bertz CT molecular complexity index is 481. The smallest absolute Gasteiger partial charge is 0.225 e. The SMILES string of the molecule is CC(C)(C(N)=NO)N1CCN(c2ncc(Cl)cn2)CC1. The van der Waals surface area contributed by atoms with Crippen LogP contribution in [0.15, 0.2) is 17.5 Å². The number of nitrogens with zero attached hydrogens (tertiary/aromatic N) is 5. The van der Waals surface area contributed by atoms with Crippen LogP contribution in [0.4, 0.5) is 5.95 Å². The molecule has 1 aromatic rings. The van der Waals surface area contributed by atoms with E-state index in [9.17, 15) is 0 Å². The minimum Gasteiger partial charge on any atom is -0.409 e. The van der Waals surface area contributed by atoms with E-state index in [2.05, 4.69) is 24.9 Å². The van der Waals surface area contributed by atoms with E-state index in [4.69, 9.17) is 22.5 Å². The van der Waals surface area contributed by atoms with Gasteiger partial charge in [0, 0.05) is 26.2 Å². The van der Waals surface area contributed by atoms with Gasteiger partial charge in [0.15, 0.2) is 5.84 Å². The highest BCUT2D eigenvalue weighted by molar-refractivity contribution is 6.30. The lowest BCUT2D eigenvalue weighted by Crippen LogP contribution is -2.60. The molecule has 0 aromatic carbocycles. The van der Waals surface area contributed by atoms with Crippen molar-refractivity contribution in [1.29, 1.82) is 0 Å². The molecule has 7 nitrogen and oxygen atoms in total. The molecule has 0 unspecified atom stereocenters. The van der Waals surface area contributed by atoms with Crippen molar-refractivity contribution in [3.05, 3.63) is 17.4 Å². The maximum Gasteiger partial charge on any atom is 0.225 e. The largest absolute Gasteiger partial charge is 0.409 e. The molecule has 0 spiro atoms. The van der Waals surface area contributed by atoms with Crippen LogP contribution < -0.4 is 10.6 Å². The van der Waals surface area contributed by atoms with E-state index in [1.807, 2.05) is 13.8 Å². The Labute approximate surface area is 123 Å². The maximum absolute atomic E-state index is 8.85. The number of hydrogen-bond acceptors (Lipinski definition) is 6. The predicted octanol–water partition coefficient (Wildman–Crippen LogP) is 0.777. The summed E-state index contributed by atoms with van der Waals surface area (Å²) in [5.74, 6) is 0.893. The van der Waals surface area contributed by atoms with E-state index in [1.54, 1.807) is 12.4 Å². The van der Waals surface area contributed by atoms with Gasteiger partial charge in [-0.25, -0.2) is 9.97 Å². The number of aromatic nitrogens is 2. The van der Waals surface area contributed by atoms with E-state index in [0.29, 0.717) is 11.0 Å². The van der Waals surface area contributed by atoms with Gasteiger partial charge in [0.1, 0.15) is 0 Å². The third-order valence-electron chi connectivity index (χ3n) is 3.69. The summed E-state index contributed by atoms with van der Waals surface area (Å²) in [5, 5.41) is 12.5. The molecule has 1 fully saturated rings. The Morgan fingerprint density at radius 3 is 2.35 bits per heavy atom. The molecule has 1 aromatic heterocycles. The number of hydrogen-bond donors (Lipinski definition) is 2. The van der Waals surface area contributed by atoms with Crippen LogP contribution >= 0.6 is 11.6 Å². The number of nitrogens with two attached hydrogens (primary N) is 1. The minimum atomic E-state index is -0.471. The number of anilines is 1. The van der Waals surface area contributed by atoms with Crippen LogP contribution in [-0.4, -0.2) is 57.6 Å². The molecule has 3 N–H and O–H groups in total.